The maximum absolute atomic E-state index is 13.3. The van der Waals surface area contributed by atoms with Crippen LogP contribution in [0.4, 0.5) is 4.39 Å². The number of hydrogen-bond acceptors (Lipinski definition) is 6. The predicted octanol–water partition coefficient (Wildman–Crippen LogP) is 3.31. The molecule has 0 unspecified atom stereocenters. The Morgan fingerprint density at radius 2 is 1.74 bits per heavy atom. The molecular weight excluding hydrogens is 453 g/mol. The van der Waals surface area contributed by atoms with Crippen molar-refractivity contribution in [2.75, 3.05) is 27.3 Å². The third kappa shape index (κ3) is 5.93. The molecule has 0 aliphatic carbocycles. The number of likely N-dealkylation sites (tertiary alicyclic amines) is 1. The quantitative estimate of drug-likeness (QED) is 0.250. The van der Waals surface area contributed by atoms with E-state index in [0.717, 1.165) is 24.8 Å². The number of fused-ring (bicyclic) bond motifs is 1. The highest BCUT2D eigenvalue weighted by Crippen LogP contribution is 2.31. The molecule has 1 aliphatic heterocycles. The molecule has 8 nitrogen and oxygen atoms in total. The Balaban J connectivity index is 0.00000108. The van der Waals surface area contributed by atoms with Gasteiger partial charge in [0.25, 0.3) is 5.91 Å². The zero-order valence-electron chi connectivity index (χ0n) is 20.1. The van der Waals surface area contributed by atoms with Crippen molar-refractivity contribution in [3.05, 3.63) is 65.1 Å². The van der Waals surface area contributed by atoms with Gasteiger partial charge in [-0.2, -0.15) is 5.90 Å². The highest BCUT2D eigenvalue weighted by Gasteiger charge is 2.27. The van der Waals surface area contributed by atoms with Crippen molar-refractivity contribution in [3.63, 3.8) is 0 Å². The first-order valence-electron chi connectivity index (χ1n) is 11.3. The van der Waals surface area contributed by atoms with Gasteiger partial charge in [0.15, 0.2) is 12.0 Å². The van der Waals surface area contributed by atoms with Gasteiger partial charge < -0.3 is 19.0 Å². The van der Waals surface area contributed by atoms with Crippen LogP contribution in [0.5, 0.6) is 5.75 Å². The lowest BCUT2D eigenvalue weighted by Gasteiger charge is -2.32. The summed E-state index contributed by atoms with van der Waals surface area (Å²) < 4.78 is 19.1. The number of carbonyl (C=O) groups is 3. The minimum Gasteiger partial charge on any atom is -0.411 e. The van der Waals surface area contributed by atoms with Gasteiger partial charge in [0, 0.05) is 52.0 Å². The number of piperidine rings is 1. The smallest absolute Gasteiger partial charge is 0.257 e. The van der Waals surface area contributed by atoms with E-state index < -0.39 is 5.78 Å². The number of ether oxygens (including phenoxy) is 1. The molecule has 1 amide bonds. The highest BCUT2D eigenvalue weighted by molar-refractivity contribution is 6.36. The number of nitrogens with two attached hydrogens (primary N) is 1. The van der Waals surface area contributed by atoms with Crippen LogP contribution in [0.25, 0.3) is 10.9 Å². The number of methoxy groups -OCH3 is 1. The molecule has 1 aromatic heterocycles. The van der Waals surface area contributed by atoms with Gasteiger partial charge in [-0.1, -0.05) is 12.1 Å². The molecule has 186 valence electrons. The molecule has 0 bridgehead atoms. The second-order valence-electron chi connectivity index (χ2n) is 8.59. The van der Waals surface area contributed by atoms with Crippen molar-refractivity contribution in [1.29, 1.82) is 0 Å². The summed E-state index contributed by atoms with van der Waals surface area (Å²) in [5.74, 6) is 4.92. The average molecular weight is 484 g/mol. The maximum atomic E-state index is 13.3. The lowest BCUT2D eigenvalue weighted by molar-refractivity contribution is -0.104. The van der Waals surface area contributed by atoms with Gasteiger partial charge in [0.1, 0.15) is 5.82 Å². The Kier molecular flexibility index (Phi) is 8.73. The topological polar surface area (TPSA) is 104 Å². The number of halogens is 1. The molecule has 9 heteroatoms. The van der Waals surface area contributed by atoms with Crippen molar-refractivity contribution in [3.8, 4) is 5.75 Å². The number of hydrogen-bond donors (Lipinski definition) is 1. The number of aromatic nitrogens is 1. The number of carbonyl (C=O) groups excluding carboxylic acids is 3. The Morgan fingerprint density at radius 1 is 1.11 bits per heavy atom. The number of amides is 1. The molecule has 4 rings (SSSR count). The molecule has 2 heterocycles. The van der Waals surface area contributed by atoms with Gasteiger partial charge >= 0.3 is 0 Å². The predicted molar refractivity (Wildman–Crippen MR) is 130 cm³/mol. The summed E-state index contributed by atoms with van der Waals surface area (Å²) in [6.07, 6.45) is 4.30. The van der Waals surface area contributed by atoms with E-state index in [-0.39, 0.29) is 34.9 Å². The normalized spacial score (nSPS) is 13.8. The standard InChI is InChI=1S/C24H24FN3O4.C2H6O/c1-27-13-20(22(30)14-29)18-11-19(23(32-26)12-21(18)27)24(31)28-8-6-16(7-9-28)10-15-2-4-17(25)5-3-15;1-3-2/h2-5,11-14,16H,6-10,26H2,1H3;1-2H3. The van der Waals surface area contributed by atoms with Gasteiger partial charge in [-0.25, -0.2) is 4.39 Å². The summed E-state index contributed by atoms with van der Waals surface area (Å²) in [5.41, 5.74) is 2.19. The molecule has 1 fully saturated rings. The van der Waals surface area contributed by atoms with E-state index in [2.05, 4.69) is 4.74 Å². The highest BCUT2D eigenvalue weighted by atomic mass is 19.1. The van der Waals surface area contributed by atoms with Crippen LogP contribution in [0, 0.1) is 11.7 Å². The van der Waals surface area contributed by atoms with Gasteiger partial charge in [-0.3, -0.25) is 14.4 Å². The van der Waals surface area contributed by atoms with Crippen LogP contribution in [0.15, 0.2) is 42.6 Å². The molecule has 2 aromatic carbocycles. The fraction of sp³-hybridized carbons (Fsp3) is 0.346. The molecule has 35 heavy (non-hydrogen) atoms. The van der Waals surface area contributed by atoms with Crippen LogP contribution in [-0.2, 0) is 23.0 Å². The third-order valence-electron chi connectivity index (χ3n) is 6.16. The van der Waals surface area contributed by atoms with Gasteiger partial charge in [-0.05, 0) is 48.9 Å². The monoisotopic (exact) mass is 483 g/mol. The van der Waals surface area contributed by atoms with Crippen molar-refractivity contribution < 1.29 is 28.3 Å². The van der Waals surface area contributed by atoms with Crippen LogP contribution in [-0.4, -0.2) is 54.8 Å². The van der Waals surface area contributed by atoms with E-state index in [1.54, 1.807) is 61.2 Å². The van der Waals surface area contributed by atoms with Gasteiger partial charge in [-0.15, -0.1) is 0 Å². The molecule has 0 atom stereocenters. The largest absolute Gasteiger partial charge is 0.411 e. The fourth-order valence-electron chi connectivity index (χ4n) is 4.40. The van der Waals surface area contributed by atoms with E-state index in [4.69, 9.17) is 10.7 Å². The Labute approximate surface area is 203 Å². The molecular formula is C26H30FN3O5. The fourth-order valence-corrected chi connectivity index (χ4v) is 4.40. The number of Topliss-reactive ketones (excluding diaryl/α,β-unsaturated/α-hetero) is 1. The lowest BCUT2D eigenvalue weighted by Crippen LogP contribution is -2.39. The molecule has 1 saturated heterocycles. The van der Waals surface area contributed by atoms with Crippen molar-refractivity contribution in [2.24, 2.45) is 18.9 Å². The van der Waals surface area contributed by atoms with E-state index in [1.165, 1.54) is 12.1 Å². The number of aryl methyl sites for hydroxylation is 1. The summed E-state index contributed by atoms with van der Waals surface area (Å²) in [6, 6.07) is 9.69. The molecule has 0 saturated carbocycles. The number of ketones is 1. The maximum Gasteiger partial charge on any atom is 0.257 e. The van der Waals surface area contributed by atoms with E-state index >= 15 is 0 Å². The first-order chi connectivity index (χ1) is 16.8. The summed E-state index contributed by atoms with van der Waals surface area (Å²) in [6.45, 7) is 1.14. The van der Waals surface area contributed by atoms with Crippen molar-refractivity contribution >= 4 is 28.9 Å². The zero-order chi connectivity index (χ0) is 25.5. The second kappa shape index (κ2) is 11.7. The second-order valence-corrected chi connectivity index (χ2v) is 8.59. The van der Waals surface area contributed by atoms with Crippen molar-refractivity contribution in [1.82, 2.24) is 9.47 Å². The number of aldehydes is 1. The summed E-state index contributed by atoms with van der Waals surface area (Å²) in [5, 5.41) is 0.500. The summed E-state index contributed by atoms with van der Waals surface area (Å²) >= 11 is 0. The SMILES string of the molecule is COC.Cn1cc(C(=O)C=O)c2cc(C(=O)N3CCC(Cc4ccc(F)cc4)CC3)c(ON)cc21. The molecule has 2 N–H and O–H groups in total. The van der Waals surface area contributed by atoms with Crippen LogP contribution in [0.1, 0.15) is 39.1 Å². The van der Waals surface area contributed by atoms with E-state index in [0.29, 0.717) is 29.9 Å². The molecule has 0 radical (unpaired) electrons. The minimum atomic E-state index is -0.656. The summed E-state index contributed by atoms with van der Waals surface area (Å²) in [4.78, 5) is 43.1. The zero-order valence-corrected chi connectivity index (χ0v) is 20.1. The third-order valence-corrected chi connectivity index (χ3v) is 6.16. The van der Waals surface area contributed by atoms with Crippen LogP contribution < -0.4 is 10.7 Å². The first-order valence-corrected chi connectivity index (χ1v) is 11.3. The Bertz CT molecular complexity index is 1200. The van der Waals surface area contributed by atoms with Crippen LogP contribution in [0.3, 0.4) is 0 Å². The summed E-state index contributed by atoms with van der Waals surface area (Å²) in [7, 11) is 4.98. The van der Waals surface area contributed by atoms with Crippen molar-refractivity contribution in [2.45, 2.75) is 19.3 Å². The molecule has 0 spiro atoms. The first kappa shape index (κ1) is 26.1. The van der Waals surface area contributed by atoms with E-state index in [9.17, 15) is 18.8 Å². The molecule has 1 aliphatic rings. The van der Waals surface area contributed by atoms with Gasteiger partial charge in [0.05, 0.1) is 16.6 Å². The van der Waals surface area contributed by atoms with Crippen LogP contribution in [0.2, 0.25) is 0 Å². The molecule has 3 aromatic rings. The Morgan fingerprint density at radius 3 is 2.31 bits per heavy atom. The number of benzene rings is 2. The average Bonchev–Trinajstić information content (AvgIpc) is 3.20. The van der Waals surface area contributed by atoms with Crippen LogP contribution >= 0.6 is 0 Å². The number of rotatable bonds is 6. The Hall–Kier alpha value is -3.56. The minimum absolute atomic E-state index is 0.210. The number of nitrogens with zero attached hydrogens (tertiary/aromatic N) is 2. The van der Waals surface area contributed by atoms with Gasteiger partial charge in [0.2, 0.25) is 5.78 Å². The lowest BCUT2D eigenvalue weighted by atomic mass is 9.90. The van der Waals surface area contributed by atoms with E-state index in [1.807, 2.05) is 0 Å².